The highest BCUT2D eigenvalue weighted by Crippen LogP contribution is 2.30. The highest BCUT2D eigenvalue weighted by atomic mass is 32.2. The minimum atomic E-state index is -3.33. The number of rotatable bonds is 6. The summed E-state index contributed by atoms with van der Waals surface area (Å²) < 4.78 is 31.2. The van der Waals surface area contributed by atoms with E-state index >= 15 is 0 Å². The Hall–Kier alpha value is -1.48. The quantitative estimate of drug-likeness (QED) is 0.625. The van der Waals surface area contributed by atoms with E-state index in [-0.39, 0.29) is 23.3 Å². The normalized spacial score (nSPS) is 31.8. The second-order valence-electron chi connectivity index (χ2n) is 8.86. The predicted octanol–water partition coefficient (Wildman–Crippen LogP) is 1.37. The van der Waals surface area contributed by atoms with E-state index in [1.165, 1.54) is 0 Å². The van der Waals surface area contributed by atoms with Gasteiger partial charge >= 0.3 is 0 Å². The Morgan fingerprint density at radius 3 is 2.53 bits per heavy atom. The van der Waals surface area contributed by atoms with Crippen LogP contribution in [0.5, 0.6) is 0 Å². The van der Waals surface area contributed by atoms with Crippen molar-refractivity contribution >= 4 is 15.7 Å². The van der Waals surface area contributed by atoms with Crippen molar-refractivity contribution < 1.29 is 17.9 Å². The molecule has 1 aromatic carbocycles. The van der Waals surface area contributed by atoms with Crippen LogP contribution in [0, 0.1) is 5.92 Å². The lowest BCUT2D eigenvalue weighted by atomic mass is 9.94. The van der Waals surface area contributed by atoms with Gasteiger partial charge in [0.1, 0.15) is 0 Å². The first-order chi connectivity index (χ1) is 14.5. The standard InChI is InChI=1S/C22H33N3O4S/c1-29-17-4-8-19(9-5-17)30(27,28)18-6-2-15(3-7-18)13-24-22(26)21-12-16-14-23-11-10-20(16)25-21/h2-3,6-7,16-17,19-21,23,25H,4-5,8-14H2,1H3,(H,24,26). The first-order valence-electron chi connectivity index (χ1n) is 11.1. The Bertz CT molecular complexity index is 820. The molecule has 2 heterocycles. The lowest BCUT2D eigenvalue weighted by Gasteiger charge is -2.27. The highest BCUT2D eigenvalue weighted by Gasteiger charge is 2.38. The fraction of sp³-hybridized carbons (Fsp3) is 0.682. The fourth-order valence-electron chi connectivity index (χ4n) is 5.08. The van der Waals surface area contributed by atoms with E-state index in [2.05, 4.69) is 16.0 Å². The molecule has 0 aromatic heterocycles. The average Bonchev–Trinajstić information content (AvgIpc) is 3.22. The fourth-order valence-corrected chi connectivity index (χ4v) is 6.88. The largest absolute Gasteiger partial charge is 0.381 e. The molecular weight excluding hydrogens is 402 g/mol. The zero-order valence-electron chi connectivity index (χ0n) is 17.6. The van der Waals surface area contributed by atoms with Crippen LogP contribution in [-0.2, 0) is 25.9 Å². The first-order valence-corrected chi connectivity index (χ1v) is 12.6. The van der Waals surface area contributed by atoms with Crippen molar-refractivity contribution in [2.45, 2.75) is 73.4 Å². The lowest BCUT2D eigenvalue weighted by Crippen LogP contribution is -2.45. The molecule has 2 saturated heterocycles. The number of nitrogens with one attached hydrogen (secondary N) is 3. The van der Waals surface area contributed by atoms with Crippen molar-refractivity contribution in [1.29, 1.82) is 0 Å². The molecule has 0 bridgehead atoms. The molecule has 1 saturated carbocycles. The third kappa shape index (κ3) is 4.72. The van der Waals surface area contributed by atoms with Gasteiger partial charge in [-0.3, -0.25) is 4.79 Å². The van der Waals surface area contributed by atoms with Crippen molar-refractivity contribution in [3.05, 3.63) is 29.8 Å². The number of ether oxygens (including phenoxy) is 1. The molecule has 0 spiro atoms. The summed E-state index contributed by atoms with van der Waals surface area (Å²) in [5.41, 5.74) is 0.905. The van der Waals surface area contributed by atoms with Gasteiger partial charge in [-0.05, 0) is 75.2 Å². The van der Waals surface area contributed by atoms with Crippen molar-refractivity contribution in [2.75, 3.05) is 20.2 Å². The number of amides is 1. The molecule has 1 aromatic rings. The number of sulfone groups is 1. The summed E-state index contributed by atoms with van der Waals surface area (Å²) in [6.45, 7) is 2.39. The van der Waals surface area contributed by atoms with Gasteiger partial charge in [0.15, 0.2) is 9.84 Å². The molecule has 3 fully saturated rings. The van der Waals surface area contributed by atoms with Crippen molar-refractivity contribution in [1.82, 2.24) is 16.0 Å². The van der Waals surface area contributed by atoms with E-state index in [1.54, 1.807) is 31.4 Å². The molecule has 3 aliphatic rings. The van der Waals surface area contributed by atoms with E-state index in [4.69, 9.17) is 4.74 Å². The van der Waals surface area contributed by atoms with Gasteiger partial charge in [0, 0.05) is 19.7 Å². The number of carbonyl (C=O) groups excluding carboxylic acids is 1. The zero-order chi connectivity index (χ0) is 21.1. The number of carbonyl (C=O) groups is 1. The molecule has 8 heteroatoms. The van der Waals surface area contributed by atoms with E-state index < -0.39 is 9.84 Å². The van der Waals surface area contributed by atoms with Crippen molar-refractivity contribution in [2.24, 2.45) is 5.92 Å². The number of hydrogen-bond donors (Lipinski definition) is 3. The number of piperidine rings is 1. The maximum absolute atomic E-state index is 12.9. The van der Waals surface area contributed by atoms with Gasteiger partial charge < -0.3 is 20.7 Å². The summed E-state index contributed by atoms with van der Waals surface area (Å²) in [6.07, 6.45) is 4.98. The number of benzene rings is 1. The molecule has 1 aliphatic carbocycles. The maximum atomic E-state index is 12.9. The van der Waals surface area contributed by atoms with Crippen LogP contribution in [0.3, 0.4) is 0 Å². The van der Waals surface area contributed by atoms with Crippen LogP contribution in [0.15, 0.2) is 29.2 Å². The van der Waals surface area contributed by atoms with E-state index in [1.807, 2.05) is 0 Å². The monoisotopic (exact) mass is 435 g/mol. The summed E-state index contributed by atoms with van der Waals surface area (Å²) in [5, 5.41) is 9.52. The smallest absolute Gasteiger partial charge is 0.237 e. The molecule has 2 aliphatic heterocycles. The Balaban J connectivity index is 1.30. The van der Waals surface area contributed by atoms with Gasteiger partial charge in [0.2, 0.25) is 5.91 Å². The Morgan fingerprint density at radius 1 is 1.13 bits per heavy atom. The molecule has 3 unspecified atom stereocenters. The van der Waals surface area contributed by atoms with Crippen LogP contribution < -0.4 is 16.0 Å². The van der Waals surface area contributed by atoms with Crippen LogP contribution in [0.25, 0.3) is 0 Å². The topological polar surface area (TPSA) is 96.5 Å². The molecule has 4 rings (SSSR count). The van der Waals surface area contributed by atoms with Crippen molar-refractivity contribution in [3.8, 4) is 0 Å². The Kier molecular flexibility index (Phi) is 6.77. The van der Waals surface area contributed by atoms with E-state index in [0.717, 1.165) is 44.3 Å². The summed E-state index contributed by atoms with van der Waals surface area (Å²) in [6, 6.07) is 7.26. The van der Waals surface area contributed by atoms with Crippen LogP contribution >= 0.6 is 0 Å². The van der Waals surface area contributed by atoms with E-state index in [9.17, 15) is 13.2 Å². The lowest BCUT2D eigenvalue weighted by molar-refractivity contribution is -0.123. The van der Waals surface area contributed by atoms with Gasteiger partial charge in [-0.1, -0.05) is 12.1 Å². The minimum absolute atomic E-state index is 0.0241. The summed E-state index contributed by atoms with van der Waals surface area (Å²) in [7, 11) is -1.64. The average molecular weight is 436 g/mol. The van der Waals surface area contributed by atoms with Gasteiger partial charge in [0.05, 0.1) is 22.3 Å². The number of hydrogen-bond acceptors (Lipinski definition) is 6. The molecule has 0 radical (unpaired) electrons. The molecule has 1 amide bonds. The van der Waals surface area contributed by atoms with Crippen molar-refractivity contribution in [3.63, 3.8) is 0 Å². The number of fused-ring (bicyclic) bond motifs is 1. The minimum Gasteiger partial charge on any atom is -0.381 e. The Labute approximate surface area is 179 Å². The van der Waals surface area contributed by atoms with E-state index in [0.29, 0.717) is 36.2 Å². The van der Waals surface area contributed by atoms with Gasteiger partial charge in [-0.2, -0.15) is 0 Å². The Morgan fingerprint density at radius 2 is 1.87 bits per heavy atom. The molecule has 30 heavy (non-hydrogen) atoms. The zero-order valence-corrected chi connectivity index (χ0v) is 18.4. The molecule has 166 valence electrons. The summed E-state index contributed by atoms with van der Waals surface area (Å²) in [5.74, 6) is 0.550. The number of methoxy groups -OCH3 is 1. The van der Waals surface area contributed by atoms with Gasteiger partial charge in [-0.25, -0.2) is 8.42 Å². The molecule has 3 N–H and O–H groups in total. The predicted molar refractivity (Wildman–Crippen MR) is 115 cm³/mol. The van der Waals surface area contributed by atoms with Gasteiger partial charge in [-0.15, -0.1) is 0 Å². The molecule has 7 nitrogen and oxygen atoms in total. The molecule has 3 atom stereocenters. The third-order valence-corrected chi connectivity index (χ3v) is 9.27. The highest BCUT2D eigenvalue weighted by molar-refractivity contribution is 7.92. The van der Waals surface area contributed by atoms with Crippen LogP contribution in [-0.4, -0.2) is 58.0 Å². The van der Waals surface area contributed by atoms with Gasteiger partial charge in [0.25, 0.3) is 0 Å². The summed E-state index contributed by atoms with van der Waals surface area (Å²) in [4.78, 5) is 12.9. The molecular formula is C22H33N3O4S. The SMILES string of the molecule is COC1CCC(S(=O)(=O)c2ccc(CNC(=O)C3CC4CNCCC4N3)cc2)CC1. The summed E-state index contributed by atoms with van der Waals surface area (Å²) >= 11 is 0. The third-order valence-electron chi connectivity index (χ3n) is 6.99. The van der Waals surface area contributed by atoms with Crippen LogP contribution in [0.4, 0.5) is 0 Å². The maximum Gasteiger partial charge on any atom is 0.237 e. The van der Waals surface area contributed by atoms with Crippen LogP contribution in [0.1, 0.15) is 44.1 Å². The van der Waals surface area contributed by atoms with Crippen LogP contribution in [0.2, 0.25) is 0 Å². The first kappa shape index (κ1) is 21.7. The second-order valence-corrected chi connectivity index (χ2v) is 11.1. The second kappa shape index (κ2) is 9.34.